The Morgan fingerprint density at radius 2 is 2.31 bits per heavy atom. The zero-order valence-electron chi connectivity index (χ0n) is 9.00. The fraction of sp³-hybridized carbons (Fsp3) is 0.778. The SMILES string of the molecule is O=[N+]([O-])c1cn(CCC2CCNCC2)nn1. The lowest BCUT2D eigenvalue weighted by atomic mass is 9.95. The Morgan fingerprint density at radius 3 is 2.94 bits per heavy atom. The highest BCUT2D eigenvalue weighted by molar-refractivity contribution is 5.08. The molecule has 0 unspecified atom stereocenters. The summed E-state index contributed by atoms with van der Waals surface area (Å²) in [7, 11) is 0. The summed E-state index contributed by atoms with van der Waals surface area (Å²) in [6.45, 7) is 2.86. The van der Waals surface area contributed by atoms with Gasteiger partial charge < -0.3 is 15.4 Å². The molecule has 0 bridgehead atoms. The molecule has 2 heterocycles. The number of hydrogen-bond acceptors (Lipinski definition) is 5. The van der Waals surface area contributed by atoms with E-state index in [0.717, 1.165) is 19.5 Å². The van der Waals surface area contributed by atoms with Crippen molar-refractivity contribution in [3.63, 3.8) is 0 Å². The van der Waals surface area contributed by atoms with Gasteiger partial charge in [0, 0.05) is 6.54 Å². The molecular formula is C9H15N5O2. The lowest BCUT2D eigenvalue weighted by Crippen LogP contribution is -2.28. The lowest BCUT2D eigenvalue weighted by Gasteiger charge is -2.21. The molecule has 0 spiro atoms. The van der Waals surface area contributed by atoms with Crippen LogP contribution in [0.25, 0.3) is 0 Å². The summed E-state index contributed by atoms with van der Waals surface area (Å²) in [6.07, 6.45) is 4.76. The van der Waals surface area contributed by atoms with E-state index in [1.165, 1.54) is 19.0 Å². The van der Waals surface area contributed by atoms with Gasteiger partial charge in [-0.25, -0.2) is 4.68 Å². The van der Waals surface area contributed by atoms with Gasteiger partial charge >= 0.3 is 5.82 Å². The van der Waals surface area contributed by atoms with Gasteiger partial charge in [-0.05, 0) is 43.2 Å². The fourth-order valence-electron chi connectivity index (χ4n) is 1.97. The maximum absolute atomic E-state index is 10.4. The first-order valence-electron chi connectivity index (χ1n) is 5.51. The molecule has 88 valence electrons. The smallest absolute Gasteiger partial charge is 0.358 e. The zero-order valence-corrected chi connectivity index (χ0v) is 9.00. The normalized spacial score (nSPS) is 17.5. The average molecular weight is 225 g/mol. The number of piperidine rings is 1. The predicted octanol–water partition coefficient (Wildman–Crippen LogP) is 0.576. The van der Waals surface area contributed by atoms with Gasteiger partial charge in [0.15, 0.2) is 0 Å². The number of aryl methyl sites for hydroxylation is 1. The van der Waals surface area contributed by atoms with Crippen LogP contribution < -0.4 is 5.32 Å². The molecular weight excluding hydrogens is 210 g/mol. The third-order valence-electron chi connectivity index (χ3n) is 2.94. The Morgan fingerprint density at radius 1 is 1.56 bits per heavy atom. The Kier molecular flexibility index (Phi) is 3.45. The van der Waals surface area contributed by atoms with E-state index in [4.69, 9.17) is 0 Å². The molecule has 0 atom stereocenters. The first-order chi connectivity index (χ1) is 7.75. The van der Waals surface area contributed by atoms with E-state index in [1.807, 2.05) is 0 Å². The van der Waals surface area contributed by atoms with Crippen LogP contribution in [-0.4, -0.2) is 33.0 Å². The number of nitro groups is 1. The topological polar surface area (TPSA) is 85.9 Å². The number of rotatable bonds is 4. The first-order valence-corrected chi connectivity index (χ1v) is 5.51. The van der Waals surface area contributed by atoms with Crippen LogP contribution in [0.15, 0.2) is 6.20 Å². The second kappa shape index (κ2) is 5.02. The van der Waals surface area contributed by atoms with E-state index < -0.39 is 4.92 Å². The van der Waals surface area contributed by atoms with Gasteiger partial charge in [-0.2, -0.15) is 0 Å². The predicted molar refractivity (Wildman–Crippen MR) is 56.9 cm³/mol. The Hall–Kier alpha value is -1.50. The van der Waals surface area contributed by atoms with Crippen molar-refractivity contribution in [3.05, 3.63) is 16.3 Å². The second-order valence-corrected chi connectivity index (χ2v) is 4.08. The molecule has 0 amide bonds. The second-order valence-electron chi connectivity index (χ2n) is 4.08. The summed E-state index contributed by atoms with van der Waals surface area (Å²) in [5.74, 6) is 0.523. The van der Waals surface area contributed by atoms with Crippen molar-refractivity contribution in [1.82, 2.24) is 20.3 Å². The van der Waals surface area contributed by atoms with Crippen molar-refractivity contribution in [2.45, 2.75) is 25.8 Å². The monoisotopic (exact) mass is 225 g/mol. The molecule has 0 radical (unpaired) electrons. The van der Waals surface area contributed by atoms with Gasteiger partial charge in [0.05, 0.1) is 5.21 Å². The lowest BCUT2D eigenvalue weighted by molar-refractivity contribution is -0.389. The summed E-state index contributed by atoms with van der Waals surface area (Å²) in [5, 5.41) is 20.9. The van der Waals surface area contributed by atoms with Crippen molar-refractivity contribution in [3.8, 4) is 0 Å². The van der Waals surface area contributed by atoms with Crippen molar-refractivity contribution in [2.75, 3.05) is 13.1 Å². The molecule has 1 N–H and O–H groups in total. The first kappa shape index (κ1) is 11.0. The van der Waals surface area contributed by atoms with Crippen molar-refractivity contribution in [2.24, 2.45) is 5.92 Å². The molecule has 7 nitrogen and oxygen atoms in total. The third kappa shape index (κ3) is 2.75. The van der Waals surface area contributed by atoms with Crippen LogP contribution in [0.3, 0.4) is 0 Å². The molecule has 0 aliphatic carbocycles. The zero-order chi connectivity index (χ0) is 11.4. The Balaban J connectivity index is 1.81. The highest BCUT2D eigenvalue weighted by Crippen LogP contribution is 2.16. The van der Waals surface area contributed by atoms with Gasteiger partial charge in [-0.3, -0.25) is 0 Å². The van der Waals surface area contributed by atoms with Gasteiger partial charge in [0.2, 0.25) is 0 Å². The molecule has 0 aromatic carbocycles. The van der Waals surface area contributed by atoms with Gasteiger partial charge in [0.1, 0.15) is 11.3 Å². The highest BCUT2D eigenvalue weighted by atomic mass is 16.6. The molecule has 2 rings (SSSR count). The maximum Gasteiger partial charge on any atom is 0.410 e. The summed E-state index contributed by atoms with van der Waals surface area (Å²) in [5.41, 5.74) is 0. The maximum atomic E-state index is 10.4. The summed E-state index contributed by atoms with van der Waals surface area (Å²) in [6, 6.07) is 0. The highest BCUT2D eigenvalue weighted by Gasteiger charge is 2.15. The fourth-order valence-corrected chi connectivity index (χ4v) is 1.97. The van der Waals surface area contributed by atoms with E-state index in [9.17, 15) is 10.1 Å². The van der Waals surface area contributed by atoms with Crippen molar-refractivity contribution < 1.29 is 4.92 Å². The quantitative estimate of drug-likeness (QED) is 0.598. The largest absolute Gasteiger partial charge is 0.410 e. The number of nitrogens with zero attached hydrogens (tertiary/aromatic N) is 4. The van der Waals surface area contributed by atoms with Crippen LogP contribution in [0, 0.1) is 16.0 Å². The molecule has 1 aliphatic heterocycles. The van der Waals surface area contributed by atoms with Crippen LogP contribution in [0.4, 0.5) is 5.82 Å². The number of nitrogens with one attached hydrogen (secondary N) is 1. The molecule has 1 fully saturated rings. The summed E-state index contributed by atoms with van der Waals surface area (Å²) < 4.78 is 1.56. The molecule has 16 heavy (non-hydrogen) atoms. The molecule has 1 aromatic rings. The Bertz CT molecular complexity index is 359. The van der Waals surface area contributed by atoms with E-state index in [2.05, 4.69) is 15.6 Å². The van der Waals surface area contributed by atoms with Gasteiger partial charge in [-0.1, -0.05) is 0 Å². The average Bonchev–Trinajstić information content (AvgIpc) is 2.76. The van der Waals surface area contributed by atoms with Crippen LogP contribution in [-0.2, 0) is 6.54 Å². The summed E-state index contributed by atoms with van der Waals surface area (Å²) in [4.78, 5) is 9.88. The molecule has 0 saturated carbocycles. The van der Waals surface area contributed by atoms with Crippen molar-refractivity contribution in [1.29, 1.82) is 0 Å². The van der Waals surface area contributed by atoms with Crippen LogP contribution >= 0.6 is 0 Å². The minimum atomic E-state index is -0.520. The molecule has 7 heteroatoms. The van der Waals surface area contributed by atoms with E-state index >= 15 is 0 Å². The van der Waals surface area contributed by atoms with Gasteiger partial charge in [-0.15, -0.1) is 0 Å². The van der Waals surface area contributed by atoms with Crippen LogP contribution in [0.5, 0.6) is 0 Å². The molecule has 1 aromatic heterocycles. The van der Waals surface area contributed by atoms with E-state index in [1.54, 1.807) is 4.68 Å². The van der Waals surface area contributed by atoms with Crippen LogP contribution in [0.1, 0.15) is 19.3 Å². The minimum absolute atomic E-state index is 0.176. The van der Waals surface area contributed by atoms with Crippen molar-refractivity contribution >= 4 is 5.82 Å². The Labute approximate surface area is 93.0 Å². The van der Waals surface area contributed by atoms with E-state index in [-0.39, 0.29) is 5.82 Å². The van der Waals surface area contributed by atoms with Crippen LogP contribution in [0.2, 0.25) is 0 Å². The number of hydrogen-bond donors (Lipinski definition) is 1. The van der Waals surface area contributed by atoms with Gasteiger partial charge in [0.25, 0.3) is 0 Å². The standard InChI is InChI=1S/C9H15N5O2/c15-14(16)9-7-13(12-11-9)6-3-8-1-4-10-5-2-8/h7-8,10H,1-6H2. The molecule has 1 saturated heterocycles. The minimum Gasteiger partial charge on any atom is -0.358 e. The third-order valence-corrected chi connectivity index (χ3v) is 2.94. The number of aromatic nitrogens is 3. The summed E-state index contributed by atoms with van der Waals surface area (Å²) >= 11 is 0. The van der Waals surface area contributed by atoms with E-state index in [0.29, 0.717) is 12.5 Å². The molecule has 1 aliphatic rings.